The molecule has 0 bridgehead atoms. The van der Waals surface area contributed by atoms with Crippen LogP contribution in [0.4, 0.5) is 5.69 Å². The minimum Gasteiger partial charge on any atom is -0.491 e. The zero-order valence-corrected chi connectivity index (χ0v) is 16.5. The second kappa shape index (κ2) is 13.1. The molecule has 6 heteroatoms. The van der Waals surface area contributed by atoms with E-state index in [1.807, 2.05) is 4.90 Å². The Labute approximate surface area is 161 Å². The van der Waals surface area contributed by atoms with Crippen molar-refractivity contribution in [1.82, 2.24) is 0 Å². The largest absolute Gasteiger partial charge is 0.491 e. The molecule has 1 aromatic carbocycles. The van der Waals surface area contributed by atoms with Gasteiger partial charge in [0.1, 0.15) is 5.75 Å². The van der Waals surface area contributed by atoms with Gasteiger partial charge in [0.2, 0.25) is 0 Å². The van der Waals surface area contributed by atoms with Crippen molar-refractivity contribution in [2.24, 2.45) is 0 Å². The van der Waals surface area contributed by atoms with Crippen molar-refractivity contribution in [1.29, 1.82) is 0 Å². The van der Waals surface area contributed by atoms with Crippen molar-refractivity contribution < 1.29 is 14.6 Å². The van der Waals surface area contributed by atoms with Crippen molar-refractivity contribution in [2.75, 3.05) is 36.4 Å². The van der Waals surface area contributed by atoms with Gasteiger partial charge in [0.05, 0.1) is 17.9 Å². The first-order valence-corrected chi connectivity index (χ1v) is 10.1. The van der Waals surface area contributed by atoms with E-state index in [2.05, 4.69) is 6.92 Å². The molecule has 0 spiro atoms. The number of carbonyl (C=O) groups is 1. The van der Waals surface area contributed by atoms with E-state index in [1.165, 1.54) is 25.7 Å². The molecule has 1 N–H and O–H groups in total. The molecule has 0 atom stereocenters. The highest BCUT2D eigenvalue weighted by Crippen LogP contribution is 2.30. The summed E-state index contributed by atoms with van der Waals surface area (Å²) in [5.74, 6) is 0.559. The third kappa shape index (κ3) is 8.19. The van der Waals surface area contributed by atoms with Crippen LogP contribution in [-0.2, 0) is 0 Å². The fourth-order valence-electron chi connectivity index (χ4n) is 2.65. The summed E-state index contributed by atoms with van der Waals surface area (Å²) in [6, 6.07) is 4.95. The summed E-state index contributed by atoms with van der Waals surface area (Å²) in [7, 11) is 0. The molecule has 142 valence electrons. The zero-order chi connectivity index (χ0) is 18.5. The molecule has 0 aliphatic heterocycles. The average molecular weight is 390 g/mol. The van der Waals surface area contributed by atoms with Gasteiger partial charge in [0, 0.05) is 24.8 Å². The molecular formula is C19H29Cl2NO3. The van der Waals surface area contributed by atoms with E-state index in [0.29, 0.717) is 37.2 Å². The van der Waals surface area contributed by atoms with Crippen LogP contribution < -0.4 is 9.64 Å². The second-order valence-electron chi connectivity index (χ2n) is 5.97. The van der Waals surface area contributed by atoms with E-state index < -0.39 is 5.97 Å². The van der Waals surface area contributed by atoms with Crippen LogP contribution in [0.1, 0.15) is 55.8 Å². The van der Waals surface area contributed by atoms with E-state index in [0.717, 1.165) is 18.5 Å². The number of aromatic carboxylic acids is 1. The highest BCUT2D eigenvalue weighted by atomic mass is 35.5. The Morgan fingerprint density at radius 1 is 1.08 bits per heavy atom. The lowest BCUT2D eigenvalue weighted by Crippen LogP contribution is -2.28. The summed E-state index contributed by atoms with van der Waals surface area (Å²) in [6.07, 6.45) is 7.07. The predicted octanol–water partition coefficient (Wildman–Crippen LogP) is 5.41. The molecule has 0 fully saturated rings. The smallest absolute Gasteiger partial charge is 0.335 e. The normalized spacial score (nSPS) is 10.7. The zero-order valence-electron chi connectivity index (χ0n) is 15.0. The van der Waals surface area contributed by atoms with Crippen LogP contribution in [0.25, 0.3) is 0 Å². The highest BCUT2D eigenvalue weighted by molar-refractivity contribution is 6.18. The second-order valence-corrected chi connectivity index (χ2v) is 6.72. The van der Waals surface area contributed by atoms with Crippen molar-refractivity contribution in [2.45, 2.75) is 45.4 Å². The van der Waals surface area contributed by atoms with Gasteiger partial charge in [-0.1, -0.05) is 39.0 Å². The molecule has 0 radical (unpaired) electrons. The van der Waals surface area contributed by atoms with E-state index in [-0.39, 0.29) is 5.56 Å². The maximum absolute atomic E-state index is 11.3. The number of benzene rings is 1. The van der Waals surface area contributed by atoms with Crippen molar-refractivity contribution >= 4 is 34.9 Å². The standard InChI is InChI=1S/C19H29Cl2NO3/c1-2-3-4-5-6-7-14-25-18-15-16(19(23)24)8-9-17(18)22(12-10-20)13-11-21/h8-9,15H,2-7,10-14H2,1H3,(H,23,24). The number of halogens is 2. The third-order valence-electron chi connectivity index (χ3n) is 4.01. The van der Waals surface area contributed by atoms with Crippen LogP contribution in [0, 0.1) is 0 Å². The van der Waals surface area contributed by atoms with Crippen LogP contribution in [0.3, 0.4) is 0 Å². The first kappa shape index (κ1) is 21.9. The number of hydrogen-bond acceptors (Lipinski definition) is 3. The summed E-state index contributed by atoms with van der Waals surface area (Å²) in [5.41, 5.74) is 1.07. The van der Waals surface area contributed by atoms with Gasteiger partial charge in [-0.3, -0.25) is 0 Å². The van der Waals surface area contributed by atoms with Gasteiger partial charge in [0.25, 0.3) is 0 Å². The number of carboxylic acids is 1. The molecule has 0 unspecified atom stereocenters. The summed E-state index contributed by atoms with van der Waals surface area (Å²) >= 11 is 11.8. The highest BCUT2D eigenvalue weighted by Gasteiger charge is 2.15. The molecule has 25 heavy (non-hydrogen) atoms. The van der Waals surface area contributed by atoms with Crippen LogP contribution in [0.5, 0.6) is 5.75 Å². The quantitative estimate of drug-likeness (QED) is 0.341. The van der Waals surface area contributed by atoms with Gasteiger partial charge >= 0.3 is 5.97 Å². The van der Waals surface area contributed by atoms with Gasteiger partial charge in [-0.15, -0.1) is 23.2 Å². The lowest BCUT2D eigenvalue weighted by molar-refractivity contribution is 0.0696. The summed E-state index contributed by atoms with van der Waals surface area (Å²) in [6.45, 7) is 4.05. The minimum atomic E-state index is -0.961. The van der Waals surface area contributed by atoms with Gasteiger partial charge in [-0.05, 0) is 24.6 Å². The maximum atomic E-state index is 11.3. The number of nitrogens with zero attached hydrogens (tertiary/aromatic N) is 1. The monoisotopic (exact) mass is 389 g/mol. The first-order chi connectivity index (χ1) is 12.1. The Kier molecular flexibility index (Phi) is 11.5. The first-order valence-electron chi connectivity index (χ1n) is 9.01. The molecule has 0 aromatic heterocycles. The van der Waals surface area contributed by atoms with E-state index in [9.17, 15) is 9.90 Å². The van der Waals surface area contributed by atoms with Crippen LogP contribution in [0.2, 0.25) is 0 Å². The van der Waals surface area contributed by atoms with E-state index >= 15 is 0 Å². The Morgan fingerprint density at radius 3 is 2.32 bits per heavy atom. The van der Waals surface area contributed by atoms with Gasteiger partial charge in [-0.2, -0.15) is 0 Å². The average Bonchev–Trinajstić information content (AvgIpc) is 2.60. The van der Waals surface area contributed by atoms with Crippen LogP contribution in [0.15, 0.2) is 18.2 Å². The molecule has 1 aromatic rings. The Balaban J connectivity index is 2.74. The summed E-state index contributed by atoms with van der Waals surface area (Å²) < 4.78 is 5.92. The number of alkyl halides is 2. The molecular weight excluding hydrogens is 361 g/mol. The predicted molar refractivity (Wildman–Crippen MR) is 106 cm³/mol. The number of carboxylic acid groups (broad SMARTS) is 1. The fraction of sp³-hybridized carbons (Fsp3) is 0.632. The fourth-order valence-corrected chi connectivity index (χ4v) is 3.05. The molecule has 1 rings (SSSR count). The summed E-state index contributed by atoms with van der Waals surface area (Å²) in [4.78, 5) is 13.3. The number of hydrogen-bond donors (Lipinski definition) is 1. The molecule has 0 amide bonds. The molecule has 4 nitrogen and oxygen atoms in total. The Morgan fingerprint density at radius 2 is 1.72 bits per heavy atom. The van der Waals surface area contributed by atoms with Gasteiger partial charge in [-0.25, -0.2) is 4.79 Å². The van der Waals surface area contributed by atoms with Gasteiger partial charge in [0.15, 0.2) is 0 Å². The lowest BCUT2D eigenvalue weighted by atomic mass is 10.1. The van der Waals surface area contributed by atoms with Gasteiger partial charge < -0.3 is 14.7 Å². The maximum Gasteiger partial charge on any atom is 0.335 e. The number of unbranched alkanes of at least 4 members (excludes halogenated alkanes) is 5. The van der Waals surface area contributed by atoms with Crippen LogP contribution in [-0.4, -0.2) is 42.5 Å². The minimum absolute atomic E-state index is 0.221. The molecule has 0 aliphatic carbocycles. The molecule has 0 heterocycles. The van der Waals surface area contributed by atoms with Crippen molar-refractivity contribution in [3.05, 3.63) is 23.8 Å². The Hall–Kier alpha value is -1.13. The third-order valence-corrected chi connectivity index (χ3v) is 4.35. The summed E-state index contributed by atoms with van der Waals surface area (Å²) in [5, 5.41) is 9.23. The number of ether oxygens (including phenoxy) is 1. The Bertz CT molecular complexity index is 505. The number of rotatable bonds is 14. The van der Waals surface area contributed by atoms with E-state index in [4.69, 9.17) is 27.9 Å². The van der Waals surface area contributed by atoms with Crippen molar-refractivity contribution in [3.63, 3.8) is 0 Å². The molecule has 0 aliphatic rings. The molecule has 0 saturated carbocycles. The molecule has 0 saturated heterocycles. The SMILES string of the molecule is CCCCCCCCOc1cc(C(=O)O)ccc1N(CCCl)CCCl. The van der Waals surface area contributed by atoms with Crippen LogP contribution >= 0.6 is 23.2 Å². The lowest BCUT2D eigenvalue weighted by Gasteiger charge is -2.25. The van der Waals surface area contributed by atoms with Crippen molar-refractivity contribution in [3.8, 4) is 5.75 Å². The topological polar surface area (TPSA) is 49.8 Å². The number of anilines is 1. The van der Waals surface area contributed by atoms with E-state index in [1.54, 1.807) is 18.2 Å².